The normalized spacial score (nSPS) is 16.3. The highest BCUT2D eigenvalue weighted by atomic mass is 32.2. The van der Waals surface area contributed by atoms with E-state index in [0.717, 1.165) is 0 Å². The summed E-state index contributed by atoms with van der Waals surface area (Å²) < 4.78 is 40.3. The first kappa shape index (κ1) is 25.9. The molecule has 0 bridgehead atoms. The van der Waals surface area contributed by atoms with E-state index in [2.05, 4.69) is 25.6 Å². The van der Waals surface area contributed by atoms with Crippen molar-refractivity contribution >= 4 is 37.9 Å². The molecular formula is C22H25N5O7S2. The molecular weight excluding hydrogens is 510 g/mol. The maximum Gasteiger partial charge on any atom is 0.280 e. The minimum atomic E-state index is -3.49. The maximum absolute atomic E-state index is 13.2. The van der Waals surface area contributed by atoms with Gasteiger partial charge in [0.2, 0.25) is 11.7 Å². The Bertz CT molecular complexity index is 1310. The third-order valence-corrected chi connectivity index (χ3v) is 7.84. The number of anilines is 1. The van der Waals surface area contributed by atoms with Gasteiger partial charge in [-0.1, -0.05) is 33.8 Å². The number of aryl methyl sites for hydroxylation is 1. The molecule has 1 fully saturated rings. The van der Waals surface area contributed by atoms with Gasteiger partial charge in [0.1, 0.15) is 0 Å². The van der Waals surface area contributed by atoms with Crippen LogP contribution in [0.15, 0.2) is 45.0 Å². The van der Waals surface area contributed by atoms with E-state index in [9.17, 15) is 13.2 Å². The van der Waals surface area contributed by atoms with E-state index in [0.29, 0.717) is 59.9 Å². The topological polar surface area (TPSA) is 155 Å². The van der Waals surface area contributed by atoms with Gasteiger partial charge >= 0.3 is 0 Å². The monoisotopic (exact) mass is 535 g/mol. The van der Waals surface area contributed by atoms with E-state index >= 15 is 0 Å². The van der Waals surface area contributed by atoms with Crippen molar-refractivity contribution in [1.29, 1.82) is 0 Å². The number of benzene rings is 1. The fraction of sp³-hybridized carbons (Fsp3) is 0.409. The first-order valence-corrected chi connectivity index (χ1v) is 13.5. The van der Waals surface area contributed by atoms with Crippen LogP contribution in [0.5, 0.6) is 0 Å². The van der Waals surface area contributed by atoms with Gasteiger partial charge in [0.25, 0.3) is 5.91 Å². The largest absolute Gasteiger partial charge is 0.389 e. The fourth-order valence-electron chi connectivity index (χ4n) is 3.27. The van der Waals surface area contributed by atoms with Gasteiger partial charge in [-0.3, -0.25) is 10.1 Å². The summed E-state index contributed by atoms with van der Waals surface area (Å²) in [5.74, 6) is 0.162. The summed E-state index contributed by atoms with van der Waals surface area (Å²) in [6.45, 7) is 2.95. The molecule has 0 radical (unpaired) electrons. The Hall–Kier alpha value is -3.20. The number of nitrogens with one attached hydrogen (secondary N) is 1. The van der Waals surface area contributed by atoms with E-state index in [1.807, 2.05) is 0 Å². The number of hydrogen-bond donors (Lipinski definition) is 1. The Morgan fingerprint density at radius 2 is 2.11 bits per heavy atom. The third kappa shape index (κ3) is 6.51. The standard InChI is InChI=1S/C22H25N5O7S2/c1-14-24-20(27-33-14)18-12-23-22(35-18)25-21(28)19(26-34-16-8-10-32-13-16)15-4-6-17(7-5-15)36(29,30)11-3-9-31-2/h4-7,12,16H,3,8-11,13H2,1-2H3,(H,23,25,28)/t16-/m1/s1. The van der Waals surface area contributed by atoms with E-state index in [4.69, 9.17) is 18.8 Å². The Kier molecular flexibility index (Phi) is 8.40. The molecule has 1 atom stereocenters. The van der Waals surface area contributed by atoms with Crippen molar-refractivity contribution in [2.45, 2.75) is 30.8 Å². The molecule has 1 aromatic carbocycles. The number of methoxy groups -OCH3 is 1. The fourth-order valence-corrected chi connectivity index (χ4v) is 5.29. The average molecular weight is 536 g/mol. The smallest absolute Gasteiger partial charge is 0.280 e. The van der Waals surface area contributed by atoms with Crippen molar-refractivity contribution in [3.8, 4) is 10.7 Å². The van der Waals surface area contributed by atoms with Crippen LogP contribution in [0.2, 0.25) is 0 Å². The van der Waals surface area contributed by atoms with Gasteiger partial charge in [-0.05, 0) is 18.6 Å². The third-order valence-electron chi connectivity index (χ3n) is 5.12. The molecule has 1 aliphatic rings. The molecule has 1 amide bonds. The molecule has 2 aromatic heterocycles. The lowest BCUT2D eigenvalue weighted by atomic mass is 10.1. The average Bonchev–Trinajstić information content (AvgIpc) is 3.62. The van der Waals surface area contributed by atoms with Gasteiger partial charge in [0.15, 0.2) is 26.8 Å². The molecule has 1 aliphatic heterocycles. The molecule has 4 rings (SSSR count). The number of oxime groups is 1. The van der Waals surface area contributed by atoms with Crippen LogP contribution in [0, 0.1) is 6.92 Å². The molecule has 0 unspecified atom stereocenters. The van der Waals surface area contributed by atoms with Crippen LogP contribution in [-0.4, -0.2) is 73.9 Å². The van der Waals surface area contributed by atoms with Crippen LogP contribution in [0.3, 0.4) is 0 Å². The van der Waals surface area contributed by atoms with Crippen LogP contribution in [0.4, 0.5) is 5.13 Å². The Balaban J connectivity index is 1.53. The number of sulfone groups is 1. The van der Waals surface area contributed by atoms with Crippen LogP contribution in [0.25, 0.3) is 10.7 Å². The summed E-state index contributed by atoms with van der Waals surface area (Å²) in [6, 6.07) is 5.93. The van der Waals surface area contributed by atoms with Crippen LogP contribution < -0.4 is 5.32 Å². The summed E-state index contributed by atoms with van der Waals surface area (Å²) in [4.78, 5) is 27.8. The number of carbonyl (C=O) groups excluding carboxylic acids is 1. The van der Waals surface area contributed by atoms with E-state index < -0.39 is 15.7 Å². The van der Waals surface area contributed by atoms with Crippen molar-refractivity contribution in [1.82, 2.24) is 15.1 Å². The van der Waals surface area contributed by atoms with Crippen molar-refractivity contribution in [3.63, 3.8) is 0 Å². The number of aromatic nitrogens is 3. The van der Waals surface area contributed by atoms with Crippen LogP contribution in [-0.2, 0) is 28.9 Å². The van der Waals surface area contributed by atoms with Gasteiger partial charge in [0.05, 0.1) is 34.9 Å². The molecule has 36 heavy (non-hydrogen) atoms. The van der Waals surface area contributed by atoms with Gasteiger partial charge in [-0.2, -0.15) is 4.98 Å². The SMILES string of the molecule is COCCCS(=O)(=O)c1ccc(C(=NO[C@@H]2CCOC2)C(=O)Nc2ncc(-c3noc(C)n3)s2)cc1. The predicted octanol–water partition coefficient (Wildman–Crippen LogP) is 2.46. The van der Waals surface area contributed by atoms with Gasteiger partial charge in [0, 0.05) is 32.6 Å². The predicted molar refractivity (Wildman–Crippen MR) is 131 cm³/mol. The molecule has 0 aliphatic carbocycles. The van der Waals surface area contributed by atoms with E-state index in [1.165, 1.54) is 48.9 Å². The Labute approximate surface area is 211 Å². The zero-order valence-corrected chi connectivity index (χ0v) is 21.3. The van der Waals surface area contributed by atoms with Crippen LogP contribution >= 0.6 is 11.3 Å². The lowest BCUT2D eigenvalue weighted by molar-refractivity contribution is -0.110. The second-order valence-electron chi connectivity index (χ2n) is 7.84. The van der Waals surface area contributed by atoms with E-state index in [1.54, 1.807) is 6.92 Å². The summed E-state index contributed by atoms with van der Waals surface area (Å²) >= 11 is 1.17. The highest BCUT2D eigenvalue weighted by Crippen LogP contribution is 2.27. The second kappa shape index (κ2) is 11.7. The molecule has 1 N–H and O–H groups in total. The first-order valence-electron chi connectivity index (χ1n) is 11.1. The Morgan fingerprint density at radius 1 is 1.31 bits per heavy atom. The number of thiazole rings is 1. The van der Waals surface area contributed by atoms with Crippen molar-refractivity contribution in [2.75, 3.05) is 38.0 Å². The summed E-state index contributed by atoms with van der Waals surface area (Å²) in [6.07, 6.45) is 2.28. The lowest BCUT2D eigenvalue weighted by Crippen LogP contribution is -2.25. The molecule has 1 saturated heterocycles. The highest BCUT2D eigenvalue weighted by molar-refractivity contribution is 7.91. The molecule has 14 heteroatoms. The van der Waals surface area contributed by atoms with Gasteiger partial charge in [-0.25, -0.2) is 13.4 Å². The quantitative estimate of drug-likeness (QED) is 0.220. The van der Waals surface area contributed by atoms with Crippen molar-refractivity contribution in [2.24, 2.45) is 5.16 Å². The second-order valence-corrected chi connectivity index (χ2v) is 11.0. The molecule has 3 aromatic rings. The van der Waals surface area contributed by atoms with E-state index in [-0.39, 0.29) is 22.5 Å². The number of nitrogens with zero attached hydrogens (tertiary/aromatic N) is 4. The molecule has 0 saturated carbocycles. The molecule has 3 heterocycles. The summed E-state index contributed by atoms with van der Waals surface area (Å²) in [5, 5.41) is 10.9. The zero-order valence-electron chi connectivity index (χ0n) is 19.7. The zero-order chi connectivity index (χ0) is 25.5. The summed E-state index contributed by atoms with van der Waals surface area (Å²) in [5.41, 5.74) is 0.352. The number of rotatable bonds is 11. The van der Waals surface area contributed by atoms with Gasteiger partial charge < -0.3 is 18.8 Å². The number of ether oxygens (including phenoxy) is 2. The minimum Gasteiger partial charge on any atom is -0.389 e. The lowest BCUT2D eigenvalue weighted by Gasteiger charge is -2.10. The van der Waals surface area contributed by atoms with Crippen molar-refractivity contribution < 1.29 is 32.0 Å². The first-order chi connectivity index (χ1) is 17.4. The number of amides is 1. The highest BCUT2D eigenvalue weighted by Gasteiger charge is 2.22. The van der Waals surface area contributed by atoms with Gasteiger partial charge in [-0.15, -0.1) is 0 Å². The maximum atomic E-state index is 13.2. The minimum absolute atomic E-state index is 0.0302. The number of carbonyl (C=O) groups is 1. The molecule has 12 nitrogen and oxygen atoms in total. The molecule has 192 valence electrons. The number of hydrogen-bond acceptors (Lipinski definition) is 12. The van der Waals surface area contributed by atoms with Crippen molar-refractivity contribution in [3.05, 3.63) is 41.9 Å². The van der Waals surface area contributed by atoms with Crippen LogP contribution in [0.1, 0.15) is 24.3 Å². The summed E-state index contributed by atoms with van der Waals surface area (Å²) in [7, 11) is -1.97. The Morgan fingerprint density at radius 3 is 2.78 bits per heavy atom. The molecule has 0 spiro atoms.